The van der Waals surface area contributed by atoms with Crippen LogP contribution in [0.15, 0.2) is 48.5 Å². The summed E-state index contributed by atoms with van der Waals surface area (Å²) in [4.78, 5) is 11.6. The summed E-state index contributed by atoms with van der Waals surface area (Å²) in [6.45, 7) is 2.32. The first kappa shape index (κ1) is 15.9. The summed E-state index contributed by atoms with van der Waals surface area (Å²) in [5, 5.41) is 9.48. The Kier molecular flexibility index (Phi) is 5.42. The molecule has 0 spiro atoms. The topological polar surface area (TPSA) is 55.8 Å². The van der Waals surface area contributed by atoms with Crippen molar-refractivity contribution in [1.29, 1.82) is 0 Å². The molecule has 0 radical (unpaired) electrons. The van der Waals surface area contributed by atoms with Crippen molar-refractivity contribution in [3.8, 4) is 11.5 Å². The fraction of sp³-hybridized carbons (Fsp3) is 0.278. The second-order valence-electron chi connectivity index (χ2n) is 5.09. The Hall–Kier alpha value is -2.49. The Morgan fingerprint density at radius 3 is 2.64 bits per heavy atom. The first-order chi connectivity index (χ1) is 10.6. The Balaban J connectivity index is 2.05. The van der Waals surface area contributed by atoms with Gasteiger partial charge in [0.2, 0.25) is 0 Å². The van der Waals surface area contributed by atoms with Gasteiger partial charge in [-0.05, 0) is 37.1 Å². The van der Waals surface area contributed by atoms with Gasteiger partial charge in [-0.3, -0.25) is 4.79 Å². The zero-order chi connectivity index (χ0) is 15.9. The maximum Gasteiger partial charge on any atom is 0.311 e. The minimum absolute atomic E-state index is 0.332. The lowest BCUT2D eigenvalue weighted by molar-refractivity contribution is -0.139. The van der Waals surface area contributed by atoms with E-state index in [9.17, 15) is 9.90 Å². The first-order valence-electron chi connectivity index (χ1n) is 7.17. The van der Waals surface area contributed by atoms with Crippen LogP contribution < -0.4 is 9.47 Å². The van der Waals surface area contributed by atoms with Crippen molar-refractivity contribution >= 4 is 5.97 Å². The SMILES string of the molecule is COc1ccccc1C(CCOc1cccc(C)c1)C(=O)O. The summed E-state index contributed by atoms with van der Waals surface area (Å²) in [5.41, 5.74) is 1.78. The van der Waals surface area contributed by atoms with Gasteiger partial charge in [0.05, 0.1) is 19.6 Å². The van der Waals surface area contributed by atoms with Crippen molar-refractivity contribution in [2.45, 2.75) is 19.3 Å². The van der Waals surface area contributed by atoms with E-state index in [-0.39, 0.29) is 0 Å². The minimum Gasteiger partial charge on any atom is -0.496 e. The zero-order valence-corrected chi connectivity index (χ0v) is 12.8. The number of aliphatic carboxylic acids is 1. The van der Waals surface area contributed by atoms with Gasteiger partial charge in [0, 0.05) is 5.56 Å². The third-order valence-corrected chi connectivity index (χ3v) is 3.48. The van der Waals surface area contributed by atoms with E-state index in [1.165, 1.54) is 0 Å². The third-order valence-electron chi connectivity index (χ3n) is 3.48. The Morgan fingerprint density at radius 1 is 1.18 bits per heavy atom. The summed E-state index contributed by atoms with van der Waals surface area (Å²) < 4.78 is 10.9. The van der Waals surface area contributed by atoms with Crippen LogP contribution in [0.1, 0.15) is 23.5 Å². The molecule has 0 aromatic heterocycles. The number of hydrogen-bond acceptors (Lipinski definition) is 3. The lowest BCUT2D eigenvalue weighted by Crippen LogP contribution is -2.16. The number of para-hydroxylation sites is 1. The summed E-state index contributed by atoms with van der Waals surface area (Å²) >= 11 is 0. The molecule has 0 aliphatic rings. The molecule has 0 amide bonds. The van der Waals surface area contributed by atoms with Crippen LogP contribution in [0.3, 0.4) is 0 Å². The van der Waals surface area contributed by atoms with E-state index in [0.29, 0.717) is 24.3 Å². The van der Waals surface area contributed by atoms with Gasteiger partial charge >= 0.3 is 5.97 Å². The average molecular weight is 300 g/mol. The van der Waals surface area contributed by atoms with Crippen LogP contribution in [-0.2, 0) is 4.79 Å². The Bertz CT molecular complexity index is 636. The predicted molar refractivity (Wildman–Crippen MR) is 84.7 cm³/mol. The molecule has 0 heterocycles. The number of hydrogen-bond donors (Lipinski definition) is 1. The summed E-state index contributed by atoms with van der Waals surface area (Å²) in [6.07, 6.45) is 0.379. The van der Waals surface area contributed by atoms with Gasteiger partial charge < -0.3 is 14.6 Å². The molecule has 116 valence electrons. The quantitative estimate of drug-likeness (QED) is 0.848. The van der Waals surface area contributed by atoms with Gasteiger partial charge in [-0.1, -0.05) is 30.3 Å². The predicted octanol–water partition coefficient (Wildman–Crippen LogP) is 3.64. The molecule has 0 saturated heterocycles. The van der Waals surface area contributed by atoms with Crippen molar-refractivity contribution in [2.75, 3.05) is 13.7 Å². The molecule has 1 N–H and O–H groups in total. The van der Waals surface area contributed by atoms with Crippen molar-refractivity contribution in [1.82, 2.24) is 0 Å². The number of benzene rings is 2. The Labute approximate surface area is 130 Å². The molecule has 0 bridgehead atoms. The number of rotatable bonds is 7. The Morgan fingerprint density at radius 2 is 1.95 bits per heavy atom. The van der Waals surface area contributed by atoms with Crippen LogP contribution in [0.2, 0.25) is 0 Å². The molecule has 4 heteroatoms. The average Bonchev–Trinajstić information content (AvgIpc) is 2.51. The highest BCUT2D eigenvalue weighted by molar-refractivity contribution is 5.77. The van der Waals surface area contributed by atoms with Gasteiger partial charge in [-0.2, -0.15) is 0 Å². The number of aryl methyl sites for hydroxylation is 1. The lowest BCUT2D eigenvalue weighted by Gasteiger charge is -2.16. The monoisotopic (exact) mass is 300 g/mol. The van der Waals surface area contributed by atoms with Gasteiger partial charge in [0.1, 0.15) is 11.5 Å². The summed E-state index contributed by atoms with van der Waals surface area (Å²) in [5.74, 6) is -0.187. The van der Waals surface area contributed by atoms with E-state index in [4.69, 9.17) is 9.47 Å². The summed E-state index contributed by atoms with van der Waals surface area (Å²) in [7, 11) is 1.54. The molecule has 2 rings (SSSR count). The van der Waals surface area contributed by atoms with Gasteiger partial charge in [-0.25, -0.2) is 0 Å². The first-order valence-corrected chi connectivity index (χ1v) is 7.17. The largest absolute Gasteiger partial charge is 0.496 e. The van der Waals surface area contributed by atoms with Gasteiger partial charge in [0.25, 0.3) is 0 Å². The molecule has 1 atom stereocenters. The van der Waals surface area contributed by atoms with Crippen LogP contribution in [0.5, 0.6) is 11.5 Å². The van der Waals surface area contributed by atoms with Crippen LogP contribution in [0.4, 0.5) is 0 Å². The highest BCUT2D eigenvalue weighted by Gasteiger charge is 2.23. The second-order valence-corrected chi connectivity index (χ2v) is 5.09. The standard InChI is InChI=1S/C18H20O4/c1-13-6-5-7-14(12-13)22-11-10-16(18(19)20)15-8-3-4-9-17(15)21-2/h3-9,12,16H,10-11H2,1-2H3,(H,19,20). The van der Waals surface area contributed by atoms with Crippen LogP contribution in [-0.4, -0.2) is 24.8 Å². The molecule has 0 saturated carbocycles. The zero-order valence-electron chi connectivity index (χ0n) is 12.8. The molecular weight excluding hydrogens is 280 g/mol. The maximum atomic E-state index is 11.6. The van der Waals surface area contributed by atoms with Crippen molar-refractivity contribution in [3.05, 3.63) is 59.7 Å². The number of carboxylic acids is 1. The molecule has 4 nitrogen and oxygen atoms in total. The molecule has 2 aromatic rings. The highest BCUT2D eigenvalue weighted by atomic mass is 16.5. The smallest absolute Gasteiger partial charge is 0.311 e. The van der Waals surface area contributed by atoms with E-state index in [2.05, 4.69) is 0 Å². The number of carboxylic acid groups (broad SMARTS) is 1. The fourth-order valence-electron chi connectivity index (χ4n) is 2.37. The normalized spacial score (nSPS) is 11.7. The fourth-order valence-corrected chi connectivity index (χ4v) is 2.37. The van der Waals surface area contributed by atoms with Crippen molar-refractivity contribution in [2.24, 2.45) is 0 Å². The minimum atomic E-state index is -0.877. The van der Waals surface area contributed by atoms with E-state index in [0.717, 1.165) is 11.3 Å². The lowest BCUT2D eigenvalue weighted by atomic mass is 9.95. The third kappa shape index (κ3) is 4.01. The van der Waals surface area contributed by atoms with E-state index >= 15 is 0 Å². The molecule has 0 aliphatic carbocycles. The van der Waals surface area contributed by atoms with Crippen LogP contribution in [0, 0.1) is 6.92 Å². The second kappa shape index (κ2) is 7.50. The van der Waals surface area contributed by atoms with Crippen molar-refractivity contribution in [3.63, 3.8) is 0 Å². The van der Waals surface area contributed by atoms with E-state index < -0.39 is 11.9 Å². The number of methoxy groups -OCH3 is 1. The molecule has 1 unspecified atom stereocenters. The van der Waals surface area contributed by atoms with Gasteiger partial charge in [0.15, 0.2) is 0 Å². The molecule has 22 heavy (non-hydrogen) atoms. The van der Waals surface area contributed by atoms with E-state index in [1.807, 2.05) is 43.3 Å². The van der Waals surface area contributed by atoms with Crippen LogP contribution in [0.25, 0.3) is 0 Å². The maximum absolute atomic E-state index is 11.6. The van der Waals surface area contributed by atoms with E-state index in [1.54, 1.807) is 19.2 Å². The van der Waals surface area contributed by atoms with Crippen LogP contribution >= 0.6 is 0 Å². The number of ether oxygens (including phenoxy) is 2. The number of carbonyl (C=O) groups is 1. The molecular formula is C18H20O4. The molecule has 2 aromatic carbocycles. The molecule has 0 fully saturated rings. The van der Waals surface area contributed by atoms with Gasteiger partial charge in [-0.15, -0.1) is 0 Å². The summed E-state index contributed by atoms with van der Waals surface area (Å²) in [6, 6.07) is 14.9. The van der Waals surface area contributed by atoms with Crippen molar-refractivity contribution < 1.29 is 19.4 Å². The highest BCUT2D eigenvalue weighted by Crippen LogP contribution is 2.29. The molecule has 0 aliphatic heterocycles.